The number of hydrogen-bond acceptors (Lipinski definition) is 3. The molecule has 1 unspecified atom stereocenters. The average Bonchev–Trinajstić information content (AvgIpc) is 2.34. The van der Waals surface area contributed by atoms with Gasteiger partial charge >= 0.3 is 0 Å². The van der Waals surface area contributed by atoms with E-state index in [4.69, 9.17) is 4.74 Å². The molecule has 0 aliphatic heterocycles. The van der Waals surface area contributed by atoms with Crippen LogP contribution >= 0.6 is 0 Å². The fraction of sp³-hybridized carbons (Fsp3) is 0.643. The van der Waals surface area contributed by atoms with Gasteiger partial charge in [0.05, 0.1) is 18.4 Å². The van der Waals surface area contributed by atoms with Crippen molar-refractivity contribution in [1.29, 1.82) is 0 Å². The molecule has 1 aromatic heterocycles. The lowest BCUT2D eigenvalue weighted by Gasteiger charge is -2.16. The number of rotatable bonds is 7. The predicted molar refractivity (Wildman–Crippen MR) is 70.7 cm³/mol. The molecule has 3 nitrogen and oxygen atoms in total. The number of hydrogen-bond donors (Lipinski definition) is 1. The molecule has 17 heavy (non-hydrogen) atoms. The molecule has 96 valence electrons. The van der Waals surface area contributed by atoms with E-state index >= 15 is 0 Å². The van der Waals surface area contributed by atoms with Crippen molar-refractivity contribution >= 4 is 0 Å². The highest BCUT2D eigenvalue weighted by atomic mass is 16.5. The van der Waals surface area contributed by atoms with Gasteiger partial charge in [-0.1, -0.05) is 26.8 Å². The van der Waals surface area contributed by atoms with Gasteiger partial charge < -0.3 is 10.1 Å². The Morgan fingerprint density at radius 3 is 2.59 bits per heavy atom. The lowest BCUT2D eigenvalue weighted by molar-refractivity contribution is 0.0218. The summed E-state index contributed by atoms with van der Waals surface area (Å²) in [6, 6.07) is 4.15. The van der Waals surface area contributed by atoms with E-state index in [1.54, 1.807) is 0 Å². The van der Waals surface area contributed by atoms with Crippen LogP contribution in [0.5, 0.6) is 0 Å². The number of aromatic nitrogens is 1. The summed E-state index contributed by atoms with van der Waals surface area (Å²) < 4.78 is 5.73. The van der Waals surface area contributed by atoms with Crippen molar-refractivity contribution < 1.29 is 4.74 Å². The Morgan fingerprint density at radius 2 is 2.06 bits per heavy atom. The van der Waals surface area contributed by atoms with E-state index in [9.17, 15) is 0 Å². The molecule has 0 fully saturated rings. The lowest BCUT2D eigenvalue weighted by Crippen LogP contribution is -2.15. The second kappa shape index (κ2) is 7.41. The molecule has 0 aliphatic carbocycles. The second-order valence-electron chi connectivity index (χ2n) is 4.70. The molecule has 0 bridgehead atoms. The van der Waals surface area contributed by atoms with E-state index in [1.807, 2.05) is 12.3 Å². The SMILES string of the molecule is CCNCc1ccc(COC(C)C(C)C)nc1. The molecule has 0 saturated carbocycles. The van der Waals surface area contributed by atoms with Gasteiger partial charge in [0.1, 0.15) is 0 Å². The third-order valence-electron chi connectivity index (χ3n) is 2.90. The maximum atomic E-state index is 5.73. The first kappa shape index (κ1) is 14.1. The lowest BCUT2D eigenvalue weighted by atomic mass is 10.1. The number of ether oxygens (including phenoxy) is 1. The summed E-state index contributed by atoms with van der Waals surface area (Å²) >= 11 is 0. The van der Waals surface area contributed by atoms with Crippen LogP contribution in [0.2, 0.25) is 0 Å². The summed E-state index contributed by atoms with van der Waals surface area (Å²) in [5.74, 6) is 0.544. The summed E-state index contributed by atoms with van der Waals surface area (Å²) in [6.07, 6.45) is 2.19. The first-order valence-electron chi connectivity index (χ1n) is 6.39. The Kier molecular flexibility index (Phi) is 6.16. The molecule has 1 heterocycles. The highest BCUT2D eigenvalue weighted by molar-refractivity contribution is 5.13. The first-order chi connectivity index (χ1) is 8.13. The minimum atomic E-state index is 0.276. The molecular weight excluding hydrogens is 212 g/mol. The van der Waals surface area contributed by atoms with Crippen LogP contribution in [0.25, 0.3) is 0 Å². The molecule has 0 aliphatic rings. The molecule has 0 aromatic carbocycles. The summed E-state index contributed by atoms with van der Waals surface area (Å²) in [6.45, 7) is 11.0. The minimum absolute atomic E-state index is 0.276. The summed E-state index contributed by atoms with van der Waals surface area (Å²) in [5.41, 5.74) is 2.21. The van der Waals surface area contributed by atoms with Crippen LogP contribution in [0.15, 0.2) is 18.3 Å². The Labute approximate surface area is 105 Å². The summed E-state index contributed by atoms with van der Waals surface area (Å²) in [5, 5.41) is 3.28. The van der Waals surface area contributed by atoms with Gasteiger partial charge in [-0.05, 0) is 31.0 Å². The van der Waals surface area contributed by atoms with Gasteiger partial charge in [0, 0.05) is 12.7 Å². The Bertz CT molecular complexity index is 309. The zero-order chi connectivity index (χ0) is 12.7. The van der Waals surface area contributed by atoms with Crippen LogP contribution < -0.4 is 5.32 Å². The molecule has 1 rings (SSSR count). The standard InChI is InChI=1S/C14H24N2O/c1-5-15-8-13-6-7-14(16-9-13)10-17-12(4)11(2)3/h6-7,9,11-12,15H,5,8,10H2,1-4H3. The fourth-order valence-corrected chi connectivity index (χ4v) is 1.32. The van der Waals surface area contributed by atoms with Crippen LogP contribution in [0.1, 0.15) is 39.0 Å². The molecule has 1 N–H and O–H groups in total. The number of nitrogens with zero attached hydrogens (tertiary/aromatic N) is 1. The zero-order valence-electron chi connectivity index (χ0n) is 11.4. The third kappa shape index (κ3) is 5.29. The van der Waals surface area contributed by atoms with Gasteiger partial charge in [0.2, 0.25) is 0 Å². The molecule has 0 amide bonds. The third-order valence-corrected chi connectivity index (χ3v) is 2.90. The number of pyridine rings is 1. The molecule has 1 atom stereocenters. The van der Waals surface area contributed by atoms with E-state index in [0.29, 0.717) is 12.5 Å². The van der Waals surface area contributed by atoms with Crippen LogP contribution in [0, 0.1) is 5.92 Å². The van der Waals surface area contributed by atoms with E-state index in [2.05, 4.69) is 44.1 Å². The van der Waals surface area contributed by atoms with Gasteiger partial charge in [-0.25, -0.2) is 0 Å². The smallest absolute Gasteiger partial charge is 0.0891 e. The van der Waals surface area contributed by atoms with Crippen LogP contribution in [0.4, 0.5) is 0 Å². The highest BCUT2D eigenvalue weighted by Gasteiger charge is 2.07. The van der Waals surface area contributed by atoms with Crippen molar-refractivity contribution in [2.45, 2.75) is 47.0 Å². The number of nitrogens with one attached hydrogen (secondary N) is 1. The maximum Gasteiger partial charge on any atom is 0.0891 e. The van der Waals surface area contributed by atoms with Crippen molar-refractivity contribution in [2.75, 3.05) is 6.54 Å². The molecule has 1 aromatic rings. The maximum absolute atomic E-state index is 5.73. The Balaban J connectivity index is 2.40. The van der Waals surface area contributed by atoms with Gasteiger partial charge in [0.15, 0.2) is 0 Å². The van der Waals surface area contributed by atoms with Crippen molar-refractivity contribution in [3.05, 3.63) is 29.6 Å². The Morgan fingerprint density at radius 1 is 1.29 bits per heavy atom. The summed E-state index contributed by atoms with van der Waals surface area (Å²) in [7, 11) is 0. The molecule has 3 heteroatoms. The van der Waals surface area contributed by atoms with Crippen LogP contribution in [0.3, 0.4) is 0 Å². The van der Waals surface area contributed by atoms with Crippen molar-refractivity contribution in [3.8, 4) is 0 Å². The van der Waals surface area contributed by atoms with E-state index in [1.165, 1.54) is 5.56 Å². The largest absolute Gasteiger partial charge is 0.372 e. The molecule has 0 radical (unpaired) electrons. The fourth-order valence-electron chi connectivity index (χ4n) is 1.32. The van der Waals surface area contributed by atoms with Crippen LogP contribution in [-0.2, 0) is 17.9 Å². The van der Waals surface area contributed by atoms with E-state index < -0.39 is 0 Å². The molecular formula is C14H24N2O. The highest BCUT2D eigenvalue weighted by Crippen LogP contribution is 2.09. The van der Waals surface area contributed by atoms with Crippen LogP contribution in [-0.4, -0.2) is 17.6 Å². The van der Waals surface area contributed by atoms with E-state index in [-0.39, 0.29) is 6.10 Å². The first-order valence-corrected chi connectivity index (χ1v) is 6.39. The molecule has 0 spiro atoms. The van der Waals surface area contributed by atoms with Gasteiger partial charge in [-0.3, -0.25) is 4.98 Å². The van der Waals surface area contributed by atoms with Gasteiger partial charge in [0.25, 0.3) is 0 Å². The average molecular weight is 236 g/mol. The Hall–Kier alpha value is -0.930. The minimum Gasteiger partial charge on any atom is -0.372 e. The van der Waals surface area contributed by atoms with Crippen molar-refractivity contribution in [3.63, 3.8) is 0 Å². The normalized spacial score (nSPS) is 13.0. The topological polar surface area (TPSA) is 34.1 Å². The van der Waals surface area contributed by atoms with Gasteiger partial charge in [-0.15, -0.1) is 0 Å². The zero-order valence-corrected chi connectivity index (χ0v) is 11.4. The van der Waals surface area contributed by atoms with Crippen molar-refractivity contribution in [1.82, 2.24) is 10.3 Å². The second-order valence-corrected chi connectivity index (χ2v) is 4.70. The monoisotopic (exact) mass is 236 g/mol. The van der Waals surface area contributed by atoms with Gasteiger partial charge in [-0.2, -0.15) is 0 Å². The van der Waals surface area contributed by atoms with E-state index in [0.717, 1.165) is 18.8 Å². The predicted octanol–water partition coefficient (Wildman–Crippen LogP) is 2.75. The summed E-state index contributed by atoms with van der Waals surface area (Å²) in [4.78, 5) is 4.40. The molecule has 0 saturated heterocycles. The van der Waals surface area contributed by atoms with Crippen molar-refractivity contribution in [2.24, 2.45) is 5.92 Å². The quantitative estimate of drug-likeness (QED) is 0.790.